The molecule has 1 aliphatic heterocycles. The van der Waals surface area contributed by atoms with Crippen LogP contribution in [0.4, 0.5) is 5.69 Å². The van der Waals surface area contributed by atoms with Gasteiger partial charge in [0, 0.05) is 23.2 Å². The summed E-state index contributed by atoms with van der Waals surface area (Å²) in [7, 11) is -0.835. The van der Waals surface area contributed by atoms with Crippen molar-refractivity contribution in [1.29, 1.82) is 0 Å². The van der Waals surface area contributed by atoms with Crippen molar-refractivity contribution in [3.8, 4) is 0 Å². The molecule has 0 saturated carbocycles. The fourth-order valence-electron chi connectivity index (χ4n) is 2.78. The maximum Gasteiger partial charge on any atom is 0.491 e. The van der Waals surface area contributed by atoms with Crippen LogP contribution in [0, 0.1) is 0 Å². The van der Waals surface area contributed by atoms with E-state index in [2.05, 4.69) is 10.3 Å². The average Bonchev–Trinajstić information content (AvgIpc) is 2.94. The molecule has 0 fully saturated rings. The van der Waals surface area contributed by atoms with Crippen LogP contribution >= 0.6 is 11.6 Å². The Kier molecular flexibility index (Phi) is 3.69. The zero-order chi connectivity index (χ0) is 15.8. The second kappa shape index (κ2) is 5.85. The molecule has 114 valence electrons. The quantitative estimate of drug-likeness (QED) is 0.574. The summed E-state index contributed by atoms with van der Waals surface area (Å²) in [5.41, 5.74) is 4.57. The van der Waals surface area contributed by atoms with E-state index in [0.29, 0.717) is 18.3 Å². The first-order valence-electron chi connectivity index (χ1n) is 7.41. The highest BCUT2D eigenvalue weighted by molar-refractivity contribution is 6.61. The standard InChI is InChI=1S/C17H14BClN2O2/c19-17-13(7-11-3-1-2-4-16(11)21-17)9-20-14-6-5-12-10-23-18(22)15(12)8-14/h1-8,20,22H,9-10H2. The molecule has 0 bridgehead atoms. The zero-order valence-corrected chi connectivity index (χ0v) is 13.0. The highest BCUT2D eigenvalue weighted by atomic mass is 35.5. The van der Waals surface area contributed by atoms with Gasteiger partial charge >= 0.3 is 7.12 Å². The molecule has 2 heterocycles. The second-order valence-electron chi connectivity index (χ2n) is 5.56. The Morgan fingerprint density at radius 3 is 3.00 bits per heavy atom. The summed E-state index contributed by atoms with van der Waals surface area (Å²) in [6, 6.07) is 15.8. The molecule has 23 heavy (non-hydrogen) atoms. The molecule has 0 aliphatic carbocycles. The summed E-state index contributed by atoms with van der Waals surface area (Å²) in [5, 5.41) is 14.7. The van der Waals surface area contributed by atoms with Gasteiger partial charge in [-0.3, -0.25) is 0 Å². The van der Waals surface area contributed by atoms with Crippen LogP contribution in [0.25, 0.3) is 10.9 Å². The molecule has 2 N–H and O–H groups in total. The third-order valence-electron chi connectivity index (χ3n) is 4.04. The fraction of sp³-hybridized carbons (Fsp3) is 0.118. The Morgan fingerprint density at radius 1 is 1.22 bits per heavy atom. The van der Waals surface area contributed by atoms with Gasteiger partial charge in [-0.05, 0) is 35.3 Å². The fourth-order valence-corrected chi connectivity index (χ4v) is 2.99. The van der Waals surface area contributed by atoms with Gasteiger partial charge in [0.05, 0.1) is 12.1 Å². The number of hydrogen-bond donors (Lipinski definition) is 2. The zero-order valence-electron chi connectivity index (χ0n) is 12.3. The first-order chi connectivity index (χ1) is 11.2. The lowest BCUT2D eigenvalue weighted by Gasteiger charge is -2.10. The topological polar surface area (TPSA) is 54.4 Å². The number of aromatic nitrogens is 1. The molecule has 4 nitrogen and oxygen atoms in total. The van der Waals surface area contributed by atoms with Crippen LogP contribution in [-0.2, 0) is 17.8 Å². The summed E-state index contributed by atoms with van der Waals surface area (Å²) < 4.78 is 5.21. The van der Waals surface area contributed by atoms with E-state index in [1.165, 1.54) is 0 Å². The maximum absolute atomic E-state index is 9.77. The van der Waals surface area contributed by atoms with Crippen LogP contribution < -0.4 is 10.8 Å². The lowest BCUT2D eigenvalue weighted by Crippen LogP contribution is -2.28. The number of para-hydroxylation sites is 1. The number of benzene rings is 2. The number of hydrogen-bond acceptors (Lipinski definition) is 4. The average molecular weight is 325 g/mol. The molecule has 0 unspecified atom stereocenters. The molecule has 6 heteroatoms. The van der Waals surface area contributed by atoms with E-state index in [0.717, 1.165) is 33.2 Å². The largest absolute Gasteiger partial charge is 0.491 e. The summed E-state index contributed by atoms with van der Waals surface area (Å²) in [6.07, 6.45) is 0. The normalized spacial score (nSPS) is 13.4. The molecule has 3 aromatic rings. The highest BCUT2D eigenvalue weighted by Gasteiger charge is 2.27. The molecule has 0 amide bonds. The van der Waals surface area contributed by atoms with Crippen molar-refractivity contribution in [3.05, 3.63) is 64.8 Å². The van der Waals surface area contributed by atoms with Gasteiger partial charge in [0.1, 0.15) is 5.15 Å². The molecule has 4 rings (SSSR count). The molecule has 0 spiro atoms. The number of nitrogens with one attached hydrogen (secondary N) is 1. The van der Waals surface area contributed by atoms with Crippen LogP contribution in [-0.4, -0.2) is 17.1 Å². The summed E-state index contributed by atoms with van der Waals surface area (Å²) >= 11 is 6.28. The van der Waals surface area contributed by atoms with Gasteiger partial charge in [-0.2, -0.15) is 0 Å². The molecule has 1 aromatic heterocycles. The number of halogens is 1. The minimum absolute atomic E-state index is 0.456. The van der Waals surface area contributed by atoms with E-state index in [1.807, 2.05) is 48.5 Å². The van der Waals surface area contributed by atoms with Crippen molar-refractivity contribution in [3.63, 3.8) is 0 Å². The Balaban J connectivity index is 1.57. The predicted octanol–water partition coefficient (Wildman–Crippen LogP) is 2.72. The van der Waals surface area contributed by atoms with Crippen LogP contribution in [0.5, 0.6) is 0 Å². The van der Waals surface area contributed by atoms with Crippen molar-refractivity contribution in [2.75, 3.05) is 5.32 Å². The van der Waals surface area contributed by atoms with E-state index in [1.54, 1.807) is 0 Å². The third-order valence-corrected chi connectivity index (χ3v) is 4.37. The number of fused-ring (bicyclic) bond motifs is 2. The molecular weight excluding hydrogens is 310 g/mol. The molecular formula is C17H14BClN2O2. The van der Waals surface area contributed by atoms with Gasteiger partial charge in [-0.25, -0.2) is 4.98 Å². The number of anilines is 1. The lowest BCUT2D eigenvalue weighted by molar-refractivity contribution is 0.275. The van der Waals surface area contributed by atoms with E-state index in [4.69, 9.17) is 16.3 Å². The van der Waals surface area contributed by atoms with Crippen molar-refractivity contribution in [2.45, 2.75) is 13.2 Å². The summed E-state index contributed by atoms with van der Waals surface area (Å²) in [4.78, 5) is 4.42. The Labute approximate surface area is 139 Å². The Bertz CT molecular complexity index is 888. The smallest absolute Gasteiger partial charge is 0.423 e. The van der Waals surface area contributed by atoms with Crippen molar-refractivity contribution >= 4 is 40.8 Å². The van der Waals surface area contributed by atoms with E-state index in [9.17, 15) is 5.02 Å². The number of rotatable bonds is 3. The molecule has 0 saturated heterocycles. The first kappa shape index (κ1) is 14.5. The monoisotopic (exact) mass is 324 g/mol. The first-order valence-corrected chi connectivity index (χ1v) is 7.79. The van der Waals surface area contributed by atoms with Crippen LogP contribution in [0.3, 0.4) is 0 Å². The Hall–Kier alpha value is -2.08. The SMILES string of the molecule is OB1OCc2ccc(NCc3cc4ccccc4nc3Cl)cc21. The minimum atomic E-state index is -0.835. The molecule has 2 aromatic carbocycles. The van der Waals surface area contributed by atoms with E-state index in [-0.39, 0.29) is 0 Å². The minimum Gasteiger partial charge on any atom is -0.423 e. The van der Waals surface area contributed by atoms with Crippen LogP contribution in [0.2, 0.25) is 5.15 Å². The number of pyridine rings is 1. The Morgan fingerprint density at radius 2 is 2.09 bits per heavy atom. The van der Waals surface area contributed by atoms with Gasteiger partial charge < -0.3 is 15.0 Å². The van der Waals surface area contributed by atoms with E-state index >= 15 is 0 Å². The lowest BCUT2D eigenvalue weighted by atomic mass is 9.79. The van der Waals surface area contributed by atoms with Gasteiger partial charge in [0.2, 0.25) is 0 Å². The highest BCUT2D eigenvalue weighted by Crippen LogP contribution is 2.22. The predicted molar refractivity (Wildman–Crippen MR) is 92.9 cm³/mol. The maximum atomic E-state index is 9.77. The molecule has 0 atom stereocenters. The van der Waals surface area contributed by atoms with Gasteiger partial charge in [0.25, 0.3) is 0 Å². The van der Waals surface area contributed by atoms with Crippen molar-refractivity contribution < 1.29 is 9.68 Å². The van der Waals surface area contributed by atoms with Gasteiger partial charge in [0.15, 0.2) is 0 Å². The van der Waals surface area contributed by atoms with Crippen molar-refractivity contribution in [1.82, 2.24) is 4.98 Å². The van der Waals surface area contributed by atoms with Crippen molar-refractivity contribution in [2.24, 2.45) is 0 Å². The van der Waals surface area contributed by atoms with E-state index < -0.39 is 7.12 Å². The van der Waals surface area contributed by atoms with Gasteiger partial charge in [-0.15, -0.1) is 0 Å². The second-order valence-corrected chi connectivity index (χ2v) is 5.92. The summed E-state index contributed by atoms with van der Waals surface area (Å²) in [6.45, 7) is 1.02. The molecule has 0 radical (unpaired) electrons. The molecule has 1 aliphatic rings. The number of nitrogens with zero attached hydrogens (tertiary/aromatic N) is 1. The van der Waals surface area contributed by atoms with Crippen LogP contribution in [0.15, 0.2) is 48.5 Å². The van der Waals surface area contributed by atoms with Crippen LogP contribution in [0.1, 0.15) is 11.1 Å². The summed E-state index contributed by atoms with van der Waals surface area (Å²) in [5.74, 6) is 0. The van der Waals surface area contributed by atoms with Gasteiger partial charge in [-0.1, -0.05) is 35.9 Å². The third kappa shape index (κ3) is 2.79.